The van der Waals surface area contributed by atoms with E-state index in [1.54, 1.807) is 18.2 Å². The summed E-state index contributed by atoms with van der Waals surface area (Å²) in [7, 11) is 0. The molecule has 0 saturated carbocycles. The quantitative estimate of drug-likeness (QED) is 0.781. The highest BCUT2D eigenvalue weighted by molar-refractivity contribution is 6.35. The molecular formula is C13H11Cl2N3O3. The molecule has 0 aliphatic carbocycles. The molecule has 0 unspecified atom stereocenters. The highest BCUT2D eigenvalue weighted by atomic mass is 35.5. The Morgan fingerprint density at radius 2 is 1.95 bits per heavy atom. The summed E-state index contributed by atoms with van der Waals surface area (Å²) >= 11 is 12.1. The van der Waals surface area contributed by atoms with E-state index < -0.39 is 11.8 Å². The smallest absolute Gasteiger partial charge is 0.342 e. The number of aromatic hydroxyl groups is 1. The lowest BCUT2D eigenvalue weighted by Gasteiger charge is -2.08. The van der Waals surface area contributed by atoms with Gasteiger partial charge in [-0.15, -0.1) is 0 Å². The molecule has 6 nitrogen and oxygen atoms in total. The second kappa shape index (κ2) is 6.60. The second-order valence-corrected chi connectivity index (χ2v) is 4.93. The van der Waals surface area contributed by atoms with Gasteiger partial charge in [0.1, 0.15) is 5.56 Å². The number of carboxylic acid groups (broad SMARTS) is 1. The van der Waals surface area contributed by atoms with Gasteiger partial charge in [0.05, 0.1) is 6.20 Å². The molecule has 0 aliphatic rings. The number of carbonyl (C=O) groups is 1. The largest absolute Gasteiger partial charge is 0.493 e. The monoisotopic (exact) mass is 327 g/mol. The molecule has 21 heavy (non-hydrogen) atoms. The predicted octanol–water partition coefficient (Wildman–Crippen LogP) is 2.84. The maximum absolute atomic E-state index is 10.7. The van der Waals surface area contributed by atoms with Gasteiger partial charge in [-0.1, -0.05) is 29.3 Å². The number of benzene rings is 1. The van der Waals surface area contributed by atoms with Crippen molar-refractivity contribution >= 4 is 35.1 Å². The Morgan fingerprint density at radius 3 is 2.52 bits per heavy atom. The van der Waals surface area contributed by atoms with E-state index in [0.29, 0.717) is 23.0 Å². The molecule has 0 fully saturated rings. The number of nitrogens with one attached hydrogen (secondary N) is 1. The summed E-state index contributed by atoms with van der Waals surface area (Å²) in [4.78, 5) is 18.2. The van der Waals surface area contributed by atoms with Crippen LogP contribution in [0, 0.1) is 0 Å². The molecule has 3 N–H and O–H groups in total. The van der Waals surface area contributed by atoms with Crippen molar-refractivity contribution in [1.29, 1.82) is 0 Å². The number of hydrogen-bond acceptors (Lipinski definition) is 5. The predicted molar refractivity (Wildman–Crippen MR) is 79.3 cm³/mol. The molecule has 1 heterocycles. The van der Waals surface area contributed by atoms with E-state index in [1.807, 2.05) is 0 Å². The summed E-state index contributed by atoms with van der Waals surface area (Å²) in [5, 5.41) is 22.2. The number of aromatic nitrogens is 2. The van der Waals surface area contributed by atoms with Crippen LogP contribution in [0.2, 0.25) is 10.0 Å². The number of nitrogens with zero attached hydrogens (tertiary/aromatic N) is 2. The van der Waals surface area contributed by atoms with Gasteiger partial charge in [-0.3, -0.25) is 0 Å². The van der Waals surface area contributed by atoms with Gasteiger partial charge in [0.25, 0.3) is 0 Å². The van der Waals surface area contributed by atoms with Crippen molar-refractivity contribution in [2.75, 3.05) is 11.9 Å². The van der Waals surface area contributed by atoms with Crippen molar-refractivity contribution in [3.8, 4) is 5.88 Å². The van der Waals surface area contributed by atoms with Crippen LogP contribution in [0.25, 0.3) is 0 Å². The van der Waals surface area contributed by atoms with E-state index in [9.17, 15) is 9.90 Å². The van der Waals surface area contributed by atoms with Crippen LogP contribution >= 0.6 is 23.2 Å². The molecule has 2 aromatic rings. The van der Waals surface area contributed by atoms with E-state index >= 15 is 0 Å². The molecule has 0 bridgehead atoms. The van der Waals surface area contributed by atoms with E-state index in [2.05, 4.69) is 15.3 Å². The molecule has 0 atom stereocenters. The highest BCUT2D eigenvalue weighted by Crippen LogP contribution is 2.24. The van der Waals surface area contributed by atoms with E-state index in [0.717, 1.165) is 11.8 Å². The van der Waals surface area contributed by atoms with Gasteiger partial charge in [-0.2, -0.15) is 4.98 Å². The summed E-state index contributed by atoms with van der Waals surface area (Å²) in [6.45, 7) is 0.426. The molecule has 1 aromatic heterocycles. The fraction of sp³-hybridized carbons (Fsp3) is 0.154. The minimum absolute atomic E-state index is 0.126. The van der Waals surface area contributed by atoms with Crippen molar-refractivity contribution < 1.29 is 15.0 Å². The fourth-order valence-electron chi connectivity index (χ4n) is 1.68. The maximum Gasteiger partial charge on any atom is 0.342 e. The minimum atomic E-state index is -1.29. The molecule has 1 aromatic carbocycles. The van der Waals surface area contributed by atoms with Crippen LogP contribution in [0.5, 0.6) is 5.88 Å². The third-order valence-corrected chi connectivity index (χ3v) is 3.43. The molecular weight excluding hydrogens is 317 g/mol. The van der Waals surface area contributed by atoms with E-state index in [1.165, 1.54) is 0 Å². The molecule has 0 amide bonds. The zero-order valence-corrected chi connectivity index (χ0v) is 12.2. The first kappa shape index (κ1) is 15.3. The zero-order chi connectivity index (χ0) is 15.4. The molecule has 0 aliphatic heterocycles. The number of anilines is 1. The molecule has 0 spiro atoms. The first-order valence-electron chi connectivity index (χ1n) is 5.95. The van der Waals surface area contributed by atoms with Gasteiger partial charge >= 0.3 is 5.97 Å². The number of halogens is 2. The third kappa shape index (κ3) is 3.74. The number of carboxylic acids is 1. The summed E-state index contributed by atoms with van der Waals surface area (Å²) in [6, 6.07) is 5.24. The lowest BCUT2D eigenvalue weighted by molar-refractivity contribution is 0.0692. The Balaban J connectivity index is 2.01. The minimum Gasteiger partial charge on any atom is -0.493 e. The van der Waals surface area contributed by atoms with Gasteiger partial charge in [0.15, 0.2) is 0 Å². The molecule has 2 rings (SSSR count). The van der Waals surface area contributed by atoms with Crippen LogP contribution in [-0.4, -0.2) is 32.7 Å². The average molecular weight is 328 g/mol. The Bertz CT molecular complexity index is 659. The van der Waals surface area contributed by atoms with Gasteiger partial charge < -0.3 is 15.5 Å². The van der Waals surface area contributed by atoms with Crippen LogP contribution in [0.1, 0.15) is 15.9 Å². The summed E-state index contributed by atoms with van der Waals surface area (Å²) in [5.74, 6) is -1.75. The highest BCUT2D eigenvalue weighted by Gasteiger charge is 2.12. The third-order valence-electron chi connectivity index (χ3n) is 2.72. The first-order chi connectivity index (χ1) is 9.99. The van der Waals surface area contributed by atoms with Crippen LogP contribution < -0.4 is 5.32 Å². The van der Waals surface area contributed by atoms with E-state index in [4.69, 9.17) is 28.3 Å². The number of aromatic carboxylic acids is 1. The van der Waals surface area contributed by atoms with Crippen LogP contribution in [-0.2, 0) is 6.42 Å². The Hall–Kier alpha value is -2.05. The molecule has 8 heteroatoms. The summed E-state index contributed by atoms with van der Waals surface area (Å²) < 4.78 is 0. The topological polar surface area (TPSA) is 95.3 Å². The first-order valence-corrected chi connectivity index (χ1v) is 6.70. The van der Waals surface area contributed by atoms with Crippen molar-refractivity contribution in [2.45, 2.75) is 6.42 Å². The van der Waals surface area contributed by atoms with Crippen LogP contribution in [0.4, 0.5) is 5.95 Å². The van der Waals surface area contributed by atoms with Gasteiger partial charge in [-0.25, -0.2) is 9.78 Å². The maximum atomic E-state index is 10.7. The van der Waals surface area contributed by atoms with Crippen LogP contribution in [0.3, 0.4) is 0 Å². The number of rotatable bonds is 5. The van der Waals surface area contributed by atoms with Gasteiger partial charge in [0, 0.05) is 16.6 Å². The standard InChI is InChI=1S/C13H11Cl2N3O3/c14-9-2-1-3-10(15)7(9)4-5-16-13-17-6-8(12(20)21)11(19)18-13/h1-3,6H,4-5H2,(H,20,21)(H2,16,17,18,19). The summed E-state index contributed by atoms with van der Waals surface area (Å²) in [6.07, 6.45) is 1.57. The fourth-order valence-corrected chi connectivity index (χ4v) is 2.27. The Labute approximate surface area is 130 Å². The van der Waals surface area contributed by atoms with Crippen molar-refractivity contribution in [3.05, 3.63) is 45.6 Å². The lowest BCUT2D eigenvalue weighted by Crippen LogP contribution is -2.10. The Kier molecular flexibility index (Phi) is 4.82. The lowest BCUT2D eigenvalue weighted by atomic mass is 10.1. The Morgan fingerprint density at radius 1 is 1.29 bits per heavy atom. The summed E-state index contributed by atoms with van der Waals surface area (Å²) in [5.41, 5.74) is 0.439. The van der Waals surface area contributed by atoms with Crippen molar-refractivity contribution in [2.24, 2.45) is 0 Å². The molecule has 0 radical (unpaired) electrons. The van der Waals surface area contributed by atoms with Crippen molar-refractivity contribution in [1.82, 2.24) is 9.97 Å². The normalized spacial score (nSPS) is 10.4. The SMILES string of the molecule is O=C(O)c1cnc(NCCc2c(Cl)cccc2Cl)nc1O. The number of hydrogen-bond donors (Lipinski definition) is 3. The molecule has 0 saturated heterocycles. The van der Waals surface area contributed by atoms with Crippen molar-refractivity contribution in [3.63, 3.8) is 0 Å². The van der Waals surface area contributed by atoms with Gasteiger partial charge in [-0.05, 0) is 24.1 Å². The zero-order valence-electron chi connectivity index (χ0n) is 10.7. The average Bonchev–Trinajstić information content (AvgIpc) is 2.42. The van der Waals surface area contributed by atoms with Crippen LogP contribution in [0.15, 0.2) is 24.4 Å². The van der Waals surface area contributed by atoms with Gasteiger partial charge in [0.2, 0.25) is 11.8 Å². The second-order valence-electron chi connectivity index (χ2n) is 4.11. The van der Waals surface area contributed by atoms with E-state index in [-0.39, 0.29) is 11.5 Å². The molecule has 110 valence electrons.